The number of amides is 2. The summed E-state index contributed by atoms with van der Waals surface area (Å²) in [5.74, 6) is -1.15. The first-order valence-electron chi connectivity index (χ1n) is 11.2. The van der Waals surface area contributed by atoms with Crippen molar-refractivity contribution in [2.75, 3.05) is 30.4 Å². The van der Waals surface area contributed by atoms with Gasteiger partial charge in [-0.25, -0.2) is 9.78 Å². The molecule has 4 rings (SSSR count). The van der Waals surface area contributed by atoms with E-state index >= 15 is 0 Å². The van der Waals surface area contributed by atoms with E-state index in [-0.39, 0.29) is 33.2 Å². The Labute approximate surface area is 224 Å². The number of aromatic nitrogens is 1. The molecule has 3 aliphatic heterocycles. The zero-order valence-electron chi connectivity index (χ0n) is 19.2. The maximum absolute atomic E-state index is 13.0. The zero-order chi connectivity index (χ0) is 25.8. The van der Waals surface area contributed by atoms with Crippen molar-refractivity contribution in [1.29, 1.82) is 0 Å². The number of carbonyl (C=O) groups excluding carboxylic acids is 2. The van der Waals surface area contributed by atoms with Crippen LogP contribution in [-0.4, -0.2) is 80.6 Å². The minimum absolute atomic E-state index is 0.0499. The highest BCUT2D eigenvalue weighted by Crippen LogP contribution is 2.41. The summed E-state index contributed by atoms with van der Waals surface area (Å²) in [6.07, 6.45) is 4.06. The molecule has 0 aliphatic carbocycles. The van der Waals surface area contributed by atoms with Crippen LogP contribution in [0.25, 0.3) is 0 Å². The van der Waals surface area contributed by atoms with Crippen molar-refractivity contribution in [3.63, 3.8) is 0 Å². The number of carbonyl (C=O) groups is 3. The van der Waals surface area contributed by atoms with Crippen molar-refractivity contribution < 1.29 is 24.3 Å². The molecule has 1 aromatic heterocycles. The molecule has 15 heteroatoms. The van der Waals surface area contributed by atoms with Crippen molar-refractivity contribution in [3.05, 3.63) is 32.8 Å². The highest BCUT2D eigenvalue weighted by molar-refractivity contribution is 8.02. The molecule has 2 fully saturated rings. The lowest BCUT2D eigenvalue weighted by molar-refractivity contribution is -0.150. The van der Waals surface area contributed by atoms with Gasteiger partial charge in [0.15, 0.2) is 10.8 Å². The van der Waals surface area contributed by atoms with Gasteiger partial charge < -0.3 is 26.3 Å². The molecule has 0 aromatic carbocycles. The molecular formula is C21H25ClN6O5S3. The van der Waals surface area contributed by atoms with Gasteiger partial charge in [-0.15, -0.1) is 23.5 Å². The molecule has 3 atom stereocenters. The van der Waals surface area contributed by atoms with Crippen LogP contribution in [0.2, 0.25) is 4.34 Å². The van der Waals surface area contributed by atoms with E-state index in [2.05, 4.69) is 20.8 Å². The molecule has 0 unspecified atom stereocenters. The van der Waals surface area contributed by atoms with Crippen LogP contribution in [0.15, 0.2) is 27.9 Å². The lowest BCUT2D eigenvalue weighted by atomic mass is 10.0. The number of anilines is 1. The number of nitrogens with one attached hydrogen (secondary N) is 2. The molecular weight excluding hydrogens is 548 g/mol. The second-order valence-electron chi connectivity index (χ2n) is 8.00. The van der Waals surface area contributed by atoms with Crippen LogP contribution in [-0.2, 0) is 19.2 Å². The molecule has 2 amide bonds. The number of nitrogen functional groups attached to an aromatic ring is 1. The number of allylic oxidation sites excluding steroid dienone is 1. The SMILES string of the molecule is CCO/N=C(\C(=O)N[C@@H]1C(=O)N2C(C(=O)O)=C(C=CSC[C@@H]3CCCN3)CS[C@H]12)c1nc(N)sc1Cl. The Morgan fingerprint density at radius 2 is 2.31 bits per heavy atom. The summed E-state index contributed by atoms with van der Waals surface area (Å²) < 4.78 is 0.156. The number of thioether (sulfide) groups is 2. The molecule has 2 saturated heterocycles. The third-order valence-electron chi connectivity index (χ3n) is 5.64. The van der Waals surface area contributed by atoms with Crippen molar-refractivity contribution in [3.8, 4) is 0 Å². The maximum Gasteiger partial charge on any atom is 0.352 e. The van der Waals surface area contributed by atoms with E-state index in [0.29, 0.717) is 17.4 Å². The normalized spacial score (nSPS) is 24.2. The fraction of sp³-hybridized carbons (Fsp3) is 0.476. The molecule has 0 radical (unpaired) electrons. The van der Waals surface area contributed by atoms with Gasteiger partial charge in [-0.1, -0.05) is 28.1 Å². The van der Waals surface area contributed by atoms with Crippen LogP contribution in [0, 0.1) is 0 Å². The number of hydrogen-bond acceptors (Lipinski definition) is 11. The number of halogens is 1. The fourth-order valence-electron chi connectivity index (χ4n) is 3.97. The van der Waals surface area contributed by atoms with Gasteiger partial charge in [0.05, 0.1) is 0 Å². The van der Waals surface area contributed by atoms with Crippen LogP contribution in [0.4, 0.5) is 5.13 Å². The second-order valence-corrected chi connectivity index (χ2v) is 11.7. The largest absolute Gasteiger partial charge is 0.477 e. The molecule has 11 nitrogen and oxygen atoms in total. The van der Waals surface area contributed by atoms with E-state index in [1.54, 1.807) is 24.8 Å². The van der Waals surface area contributed by atoms with E-state index in [1.807, 2.05) is 5.41 Å². The molecule has 0 bridgehead atoms. The minimum Gasteiger partial charge on any atom is -0.477 e. The molecule has 5 N–H and O–H groups in total. The smallest absolute Gasteiger partial charge is 0.352 e. The average molecular weight is 573 g/mol. The zero-order valence-corrected chi connectivity index (χ0v) is 22.4. The Morgan fingerprint density at radius 1 is 1.50 bits per heavy atom. The topological polar surface area (TPSA) is 159 Å². The summed E-state index contributed by atoms with van der Waals surface area (Å²) >= 11 is 10.1. The highest BCUT2D eigenvalue weighted by Gasteiger charge is 2.54. The summed E-state index contributed by atoms with van der Waals surface area (Å²) in [6.45, 7) is 2.92. The van der Waals surface area contributed by atoms with Crippen LogP contribution < -0.4 is 16.4 Å². The van der Waals surface area contributed by atoms with Gasteiger partial charge in [-0.3, -0.25) is 14.5 Å². The monoisotopic (exact) mass is 572 g/mol. The molecule has 194 valence electrons. The average Bonchev–Trinajstić information content (AvgIpc) is 3.48. The van der Waals surface area contributed by atoms with E-state index in [1.165, 1.54) is 23.1 Å². The van der Waals surface area contributed by atoms with E-state index in [0.717, 1.165) is 30.1 Å². The van der Waals surface area contributed by atoms with Crippen molar-refractivity contribution in [2.45, 2.75) is 37.2 Å². The van der Waals surface area contributed by atoms with Crippen LogP contribution in [0.1, 0.15) is 25.5 Å². The van der Waals surface area contributed by atoms with E-state index in [9.17, 15) is 19.5 Å². The van der Waals surface area contributed by atoms with Crippen LogP contribution >= 0.6 is 46.5 Å². The summed E-state index contributed by atoms with van der Waals surface area (Å²) in [7, 11) is 0. The second kappa shape index (κ2) is 11.9. The summed E-state index contributed by atoms with van der Waals surface area (Å²) in [5.41, 5.74) is 6.01. The number of carboxylic acids is 1. The van der Waals surface area contributed by atoms with Crippen molar-refractivity contribution in [2.24, 2.45) is 5.16 Å². The van der Waals surface area contributed by atoms with Gasteiger partial charge >= 0.3 is 5.97 Å². The van der Waals surface area contributed by atoms with Gasteiger partial charge in [-0.05, 0) is 43.4 Å². The summed E-state index contributed by atoms with van der Waals surface area (Å²) in [6, 6.07) is -0.474. The third-order valence-corrected chi connectivity index (χ3v) is 8.95. The fourth-order valence-corrected chi connectivity index (χ4v) is 7.10. The number of thiazole rings is 1. The number of nitrogens with two attached hydrogens (primary N) is 1. The number of oxime groups is 1. The number of carboxylic acid groups (broad SMARTS) is 1. The van der Waals surface area contributed by atoms with Crippen molar-refractivity contribution >= 4 is 75.1 Å². The van der Waals surface area contributed by atoms with Gasteiger partial charge in [0.2, 0.25) is 0 Å². The molecule has 3 aliphatic rings. The number of β-lactam (4-membered cyclic amide) rings is 1. The molecule has 0 saturated carbocycles. The van der Waals surface area contributed by atoms with Gasteiger partial charge in [0.1, 0.15) is 33.7 Å². The Morgan fingerprint density at radius 3 is 2.94 bits per heavy atom. The number of aliphatic carboxylic acids is 1. The Hall–Kier alpha value is -2.26. The summed E-state index contributed by atoms with van der Waals surface area (Å²) in [4.78, 5) is 48.3. The lowest BCUT2D eigenvalue weighted by Crippen LogP contribution is -2.71. The summed E-state index contributed by atoms with van der Waals surface area (Å²) in [5, 5.41) is 21.2. The first-order valence-corrected chi connectivity index (χ1v) is 14.5. The highest BCUT2D eigenvalue weighted by atomic mass is 35.5. The Balaban J connectivity index is 1.46. The quantitative estimate of drug-likeness (QED) is 0.185. The number of nitrogens with zero attached hydrogens (tertiary/aromatic N) is 3. The van der Waals surface area contributed by atoms with E-state index in [4.69, 9.17) is 22.2 Å². The standard InChI is InChI=1S/C21H25ClN6O5S3/c1-2-33-27-13(12-16(22)36-21(23)26-12)17(29)25-14-18(30)28-15(20(31)32)10(8-35-19(14)28)5-7-34-9-11-4-3-6-24-11/h5,7,11,14,19,24H,2-4,6,8-9H2,1H3,(H2,23,26)(H,25,29)(H,31,32)/b7-5?,27-13-/t11-,14+,19+/m0/s1. The Kier molecular flexibility index (Phi) is 8.83. The van der Waals surface area contributed by atoms with Crippen LogP contribution in [0.3, 0.4) is 0 Å². The number of hydrogen-bond donors (Lipinski definition) is 4. The molecule has 0 spiro atoms. The Bertz CT molecular complexity index is 1130. The molecule has 36 heavy (non-hydrogen) atoms. The van der Waals surface area contributed by atoms with Gasteiger partial charge in [0.25, 0.3) is 11.8 Å². The van der Waals surface area contributed by atoms with E-state index < -0.39 is 29.2 Å². The van der Waals surface area contributed by atoms with Gasteiger partial charge in [0, 0.05) is 17.5 Å². The van der Waals surface area contributed by atoms with Gasteiger partial charge in [-0.2, -0.15) is 0 Å². The number of fused-ring (bicyclic) bond motifs is 1. The maximum atomic E-state index is 13.0. The minimum atomic E-state index is -1.19. The lowest BCUT2D eigenvalue weighted by Gasteiger charge is -2.49. The first-order chi connectivity index (χ1) is 17.3. The molecule has 1 aromatic rings. The number of rotatable bonds is 10. The molecule has 4 heterocycles. The predicted octanol–water partition coefficient (Wildman–Crippen LogP) is 1.86. The van der Waals surface area contributed by atoms with Crippen molar-refractivity contribution in [1.82, 2.24) is 20.5 Å². The van der Waals surface area contributed by atoms with Crippen LogP contribution in [0.5, 0.6) is 0 Å². The predicted molar refractivity (Wildman–Crippen MR) is 142 cm³/mol. The first kappa shape index (κ1) is 26.8. The third kappa shape index (κ3) is 5.67.